The molecule has 3 rings (SSSR count). The van der Waals surface area contributed by atoms with Crippen molar-refractivity contribution in [3.8, 4) is 16.9 Å². The van der Waals surface area contributed by atoms with Gasteiger partial charge in [0.15, 0.2) is 6.61 Å². The third-order valence-electron chi connectivity index (χ3n) is 3.82. The molecule has 0 fully saturated rings. The Morgan fingerprint density at radius 1 is 1.00 bits per heavy atom. The van der Waals surface area contributed by atoms with E-state index in [1.165, 1.54) is 10.9 Å². The van der Waals surface area contributed by atoms with Crippen LogP contribution < -0.4 is 5.32 Å². The minimum Gasteiger partial charge on any atom is -0.452 e. The normalized spacial score (nSPS) is 11.1. The van der Waals surface area contributed by atoms with Crippen LogP contribution in [0.5, 0.6) is 0 Å². The van der Waals surface area contributed by atoms with E-state index in [4.69, 9.17) is 4.74 Å². The van der Waals surface area contributed by atoms with Crippen molar-refractivity contribution < 1.29 is 27.5 Å². The molecule has 0 unspecified atom stereocenters. The van der Waals surface area contributed by atoms with Crippen molar-refractivity contribution in [3.05, 3.63) is 72.4 Å². The zero-order chi connectivity index (χ0) is 20.9. The van der Waals surface area contributed by atoms with Crippen molar-refractivity contribution in [3.63, 3.8) is 0 Å². The number of hydrogen-bond acceptors (Lipinski definition) is 4. The third-order valence-corrected chi connectivity index (χ3v) is 3.82. The van der Waals surface area contributed by atoms with Gasteiger partial charge in [0.1, 0.15) is 17.8 Å². The van der Waals surface area contributed by atoms with Crippen molar-refractivity contribution in [2.45, 2.75) is 6.18 Å². The van der Waals surface area contributed by atoms with E-state index >= 15 is 0 Å². The van der Waals surface area contributed by atoms with Gasteiger partial charge in [-0.05, 0) is 12.1 Å². The molecule has 1 N–H and O–H groups in total. The summed E-state index contributed by atoms with van der Waals surface area (Å²) in [5, 5.41) is 6.08. The van der Waals surface area contributed by atoms with Gasteiger partial charge < -0.3 is 10.1 Å². The van der Waals surface area contributed by atoms with Gasteiger partial charge in [-0.15, -0.1) is 0 Å². The topological polar surface area (TPSA) is 73.2 Å². The van der Waals surface area contributed by atoms with Gasteiger partial charge in [-0.3, -0.25) is 4.79 Å². The van der Waals surface area contributed by atoms with Gasteiger partial charge in [0.25, 0.3) is 5.91 Å². The summed E-state index contributed by atoms with van der Waals surface area (Å²) in [5.74, 6) is -1.92. The summed E-state index contributed by atoms with van der Waals surface area (Å²) in [6.45, 7) is -2.33. The number of hydrogen-bond donors (Lipinski definition) is 1. The zero-order valence-corrected chi connectivity index (χ0v) is 15.0. The number of alkyl halides is 3. The standard InChI is InChI=1S/C20H16F3N3O3/c21-20(22,23)13-24-17(27)12-29-19(28)16-11-26(15-9-5-2-6-10-15)25-18(16)14-7-3-1-4-8-14/h1-11H,12-13H2,(H,24,27). The second-order valence-corrected chi connectivity index (χ2v) is 6.01. The summed E-state index contributed by atoms with van der Waals surface area (Å²) in [6.07, 6.45) is -3.09. The average Bonchev–Trinajstić information content (AvgIpc) is 3.17. The van der Waals surface area contributed by atoms with Crippen LogP contribution in [0.3, 0.4) is 0 Å². The number of rotatable bonds is 6. The van der Waals surface area contributed by atoms with Crippen LogP contribution in [0.2, 0.25) is 0 Å². The first-order valence-electron chi connectivity index (χ1n) is 8.54. The summed E-state index contributed by atoms with van der Waals surface area (Å²) in [6, 6.07) is 17.9. The molecule has 0 radical (unpaired) electrons. The van der Waals surface area contributed by atoms with E-state index in [2.05, 4.69) is 5.10 Å². The second-order valence-electron chi connectivity index (χ2n) is 6.01. The second kappa shape index (κ2) is 8.59. The van der Waals surface area contributed by atoms with Crippen molar-refractivity contribution in [1.82, 2.24) is 15.1 Å². The molecule has 6 nitrogen and oxygen atoms in total. The maximum Gasteiger partial charge on any atom is 0.405 e. The number of aromatic nitrogens is 2. The number of nitrogens with zero attached hydrogens (tertiary/aromatic N) is 2. The highest BCUT2D eigenvalue weighted by Gasteiger charge is 2.28. The lowest BCUT2D eigenvalue weighted by atomic mass is 10.1. The lowest BCUT2D eigenvalue weighted by molar-refractivity contribution is -0.140. The van der Waals surface area contributed by atoms with E-state index < -0.39 is 31.2 Å². The first-order chi connectivity index (χ1) is 13.8. The Hall–Kier alpha value is -3.62. The van der Waals surface area contributed by atoms with E-state index in [1.807, 2.05) is 18.2 Å². The number of nitrogens with one attached hydrogen (secondary N) is 1. The minimum absolute atomic E-state index is 0.0867. The van der Waals surface area contributed by atoms with Crippen molar-refractivity contribution >= 4 is 11.9 Å². The van der Waals surface area contributed by atoms with Crippen LogP contribution in [0.15, 0.2) is 66.9 Å². The van der Waals surface area contributed by atoms with Gasteiger partial charge in [-0.25, -0.2) is 9.48 Å². The van der Waals surface area contributed by atoms with Crippen LogP contribution in [-0.2, 0) is 9.53 Å². The summed E-state index contributed by atoms with van der Waals surface area (Å²) in [7, 11) is 0. The molecule has 0 bridgehead atoms. The maximum atomic E-state index is 12.5. The zero-order valence-electron chi connectivity index (χ0n) is 15.0. The Balaban J connectivity index is 1.81. The molecule has 9 heteroatoms. The van der Waals surface area contributed by atoms with Crippen molar-refractivity contribution in [2.24, 2.45) is 0 Å². The van der Waals surface area contributed by atoms with E-state index in [1.54, 1.807) is 47.8 Å². The van der Waals surface area contributed by atoms with E-state index in [-0.39, 0.29) is 5.56 Å². The predicted molar refractivity (Wildman–Crippen MR) is 98.3 cm³/mol. The number of halogens is 3. The Labute approximate surface area is 163 Å². The Morgan fingerprint density at radius 2 is 1.62 bits per heavy atom. The quantitative estimate of drug-likeness (QED) is 0.641. The number of ether oxygens (including phenoxy) is 1. The number of carbonyl (C=O) groups is 2. The molecule has 0 saturated heterocycles. The van der Waals surface area contributed by atoms with Crippen molar-refractivity contribution in [1.29, 1.82) is 0 Å². The van der Waals surface area contributed by atoms with Crippen LogP contribution in [-0.4, -0.2) is 41.0 Å². The fraction of sp³-hybridized carbons (Fsp3) is 0.150. The largest absolute Gasteiger partial charge is 0.452 e. The van der Waals surface area contributed by atoms with Gasteiger partial charge >= 0.3 is 12.1 Å². The highest BCUT2D eigenvalue weighted by atomic mass is 19.4. The van der Waals surface area contributed by atoms with Crippen LogP contribution in [0, 0.1) is 0 Å². The molecule has 0 atom stereocenters. The van der Waals surface area contributed by atoms with Crippen LogP contribution >= 0.6 is 0 Å². The predicted octanol–water partition coefficient (Wildman–Crippen LogP) is 3.37. The van der Waals surface area contributed by atoms with Gasteiger partial charge in [0.2, 0.25) is 0 Å². The smallest absolute Gasteiger partial charge is 0.405 e. The molecule has 1 amide bonds. The van der Waals surface area contributed by atoms with Gasteiger partial charge in [0.05, 0.1) is 5.69 Å². The lowest BCUT2D eigenvalue weighted by Crippen LogP contribution is -2.36. The molecule has 2 aromatic carbocycles. The summed E-state index contributed by atoms with van der Waals surface area (Å²) in [5.41, 5.74) is 1.76. The summed E-state index contributed by atoms with van der Waals surface area (Å²) >= 11 is 0. The van der Waals surface area contributed by atoms with Gasteiger partial charge in [-0.1, -0.05) is 48.5 Å². The molecule has 1 heterocycles. The Morgan fingerprint density at radius 3 is 2.24 bits per heavy atom. The van der Waals surface area contributed by atoms with Crippen LogP contribution in [0.4, 0.5) is 13.2 Å². The molecule has 0 saturated carbocycles. The number of para-hydroxylation sites is 1. The van der Waals surface area contributed by atoms with Crippen molar-refractivity contribution in [2.75, 3.05) is 13.2 Å². The first kappa shape index (κ1) is 20.1. The molecule has 29 heavy (non-hydrogen) atoms. The van der Waals surface area contributed by atoms with Crippen LogP contribution in [0.1, 0.15) is 10.4 Å². The third kappa shape index (κ3) is 5.44. The Kier molecular flexibility index (Phi) is 5.96. The fourth-order valence-corrected chi connectivity index (χ4v) is 2.50. The molecule has 0 spiro atoms. The Bertz CT molecular complexity index is 986. The first-order valence-corrected chi connectivity index (χ1v) is 8.54. The SMILES string of the molecule is O=C(COC(=O)c1cn(-c2ccccc2)nc1-c1ccccc1)NCC(F)(F)F. The molecular formula is C20H16F3N3O3. The number of carbonyl (C=O) groups excluding carboxylic acids is 2. The molecule has 150 valence electrons. The maximum absolute atomic E-state index is 12.5. The van der Waals surface area contributed by atoms with Gasteiger partial charge in [0, 0.05) is 11.8 Å². The summed E-state index contributed by atoms with van der Waals surface area (Å²) < 4.78 is 42.8. The van der Waals surface area contributed by atoms with E-state index in [9.17, 15) is 22.8 Å². The lowest BCUT2D eigenvalue weighted by Gasteiger charge is -2.08. The highest BCUT2D eigenvalue weighted by Crippen LogP contribution is 2.24. The van der Waals surface area contributed by atoms with Crippen LogP contribution in [0.25, 0.3) is 16.9 Å². The number of esters is 1. The molecule has 1 aromatic heterocycles. The molecular weight excluding hydrogens is 387 g/mol. The number of benzene rings is 2. The average molecular weight is 403 g/mol. The monoisotopic (exact) mass is 403 g/mol. The molecule has 0 aliphatic rings. The molecule has 3 aromatic rings. The van der Waals surface area contributed by atoms with Gasteiger partial charge in [-0.2, -0.15) is 18.3 Å². The fourth-order valence-electron chi connectivity index (χ4n) is 2.50. The summed E-state index contributed by atoms with van der Waals surface area (Å²) in [4.78, 5) is 24.0. The van der Waals surface area contributed by atoms with E-state index in [0.717, 1.165) is 0 Å². The highest BCUT2D eigenvalue weighted by molar-refractivity contribution is 5.97. The minimum atomic E-state index is -4.54. The molecule has 0 aliphatic heterocycles. The molecule has 0 aliphatic carbocycles. The van der Waals surface area contributed by atoms with E-state index in [0.29, 0.717) is 16.9 Å². The number of amides is 1.